The third kappa shape index (κ3) is 3.87. The fourth-order valence-electron chi connectivity index (χ4n) is 1.15. The normalized spacial score (nSPS) is 12.4. The third-order valence-electron chi connectivity index (χ3n) is 1.76. The maximum atomic E-state index is 12.7. The van der Waals surface area contributed by atoms with Crippen molar-refractivity contribution in [2.24, 2.45) is 0 Å². The number of carbonyl (C=O) groups is 1. The van der Waals surface area contributed by atoms with E-state index in [4.69, 9.17) is 16.3 Å². The van der Waals surface area contributed by atoms with Crippen molar-refractivity contribution in [1.82, 2.24) is 4.98 Å². The zero-order chi connectivity index (χ0) is 14.1. The number of alkyl halides is 3. The van der Waals surface area contributed by atoms with Crippen LogP contribution >= 0.6 is 11.6 Å². The highest BCUT2D eigenvalue weighted by atomic mass is 35.5. The second kappa shape index (κ2) is 4.76. The molecule has 3 nitrogen and oxygen atoms in total. The van der Waals surface area contributed by atoms with Gasteiger partial charge >= 0.3 is 12.1 Å². The molecule has 0 bridgehead atoms. The summed E-state index contributed by atoms with van der Waals surface area (Å²) in [5.74, 6) is -1.16. The summed E-state index contributed by atoms with van der Waals surface area (Å²) in [6, 6.07) is 1.67. The van der Waals surface area contributed by atoms with Crippen LogP contribution in [-0.4, -0.2) is 16.6 Å². The molecule has 18 heavy (non-hydrogen) atoms. The Morgan fingerprint density at radius 1 is 1.28 bits per heavy atom. The van der Waals surface area contributed by atoms with E-state index in [2.05, 4.69) is 4.98 Å². The zero-order valence-corrected chi connectivity index (χ0v) is 10.7. The van der Waals surface area contributed by atoms with Gasteiger partial charge < -0.3 is 4.74 Å². The van der Waals surface area contributed by atoms with Gasteiger partial charge in [0.25, 0.3) is 0 Å². The highest BCUT2D eigenvalue weighted by molar-refractivity contribution is 6.29. The van der Waals surface area contributed by atoms with E-state index in [1.54, 1.807) is 20.8 Å². The van der Waals surface area contributed by atoms with Crippen LogP contribution < -0.4 is 0 Å². The first-order chi connectivity index (χ1) is 8.00. The van der Waals surface area contributed by atoms with Crippen LogP contribution in [0.5, 0.6) is 0 Å². The van der Waals surface area contributed by atoms with E-state index in [0.717, 1.165) is 6.07 Å². The Morgan fingerprint density at radius 3 is 2.28 bits per heavy atom. The number of nitrogens with zero attached hydrogens (tertiary/aromatic N) is 1. The molecule has 0 saturated carbocycles. The minimum atomic E-state index is -4.69. The Morgan fingerprint density at radius 2 is 1.83 bits per heavy atom. The Bertz CT molecular complexity index is 466. The molecule has 1 heterocycles. The average Bonchev–Trinajstić information content (AvgIpc) is 2.12. The van der Waals surface area contributed by atoms with E-state index in [9.17, 15) is 18.0 Å². The predicted molar refractivity (Wildman–Crippen MR) is 59.4 cm³/mol. The van der Waals surface area contributed by atoms with Crippen molar-refractivity contribution in [3.63, 3.8) is 0 Å². The molecule has 0 aliphatic heterocycles. The van der Waals surface area contributed by atoms with Gasteiger partial charge in [0.15, 0.2) is 5.69 Å². The van der Waals surface area contributed by atoms with Gasteiger partial charge in [0.1, 0.15) is 10.8 Å². The van der Waals surface area contributed by atoms with Crippen LogP contribution in [0.4, 0.5) is 13.2 Å². The fraction of sp³-hybridized carbons (Fsp3) is 0.455. The van der Waals surface area contributed by atoms with Crippen molar-refractivity contribution in [1.29, 1.82) is 0 Å². The highest BCUT2D eigenvalue weighted by Crippen LogP contribution is 2.32. The van der Waals surface area contributed by atoms with Crippen LogP contribution in [0.1, 0.15) is 36.8 Å². The molecule has 0 radical (unpaired) electrons. The molecular weight excluding hydrogens is 271 g/mol. The molecule has 1 rings (SSSR count). The second-order valence-electron chi connectivity index (χ2n) is 4.53. The summed E-state index contributed by atoms with van der Waals surface area (Å²) in [5.41, 5.74) is -2.91. The molecule has 0 spiro atoms. The summed E-state index contributed by atoms with van der Waals surface area (Å²) in [7, 11) is 0. The van der Waals surface area contributed by atoms with E-state index in [1.807, 2.05) is 0 Å². The third-order valence-corrected chi connectivity index (χ3v) is 1.97. The lowest BCUT2D eigenvalue weighted by Gasteiger charge is -2.20. The van der Waals surface area contributed by atoms with Gasteiger partial charge in [0.05, 0.1) is 5.56 Å². The van der Waals surface area contributed by atoms with Crippen molar-refractivity contribution in [2.45, 2.75) is 32.5 Å². The molecule has 1 aromatic rings. The smallest absolute Gasteiger partial charge is 0.418 e. The van der Waals surface area contributed by atoms with E-state index in [0.29, 0.717) is 6.07 Å². The van der Waals surface area contributed by atoms with Crippen LogP contribution in [0.15, 0.2) is 12.1 Å². The van der Waals surface area contributed by atoms with Gasteiger partial charge in [-0.25, -0.2) is 9.78 Å². The summed E-state index contributed by atoms with van der Waals surface area (Å²) < 4.78 is 42.9. The maximum Gasteiger partial charge on any atom is 0.418 e. The van der Waals surface area contributed by atoms with Crippen molar-refractivity contribution in [3.8, 4) is 0 Å². The lowest BCUT2D eigenvalue weighted by Crippen LogP contribution is -2.26. The number of rotatable bonds is 1. The van der Waals surface area contributed by atoms with Crippen molar-refractivity contribution >= 4 is 17.6 Å². The molecule has 0 atom stereocenters. The molecule has 7 heteroatoms. The maximum absolute atomic E-state index is 12.7. The predicted octanol–water partition coefficient (Wildman–Crippen LogP) is 3.71. The Hall–Kier alpha value is -1.30. The lowest BCUT2D eigenvalue weighted by molar-refractivity contribution is -0.138. The van der Waals surface area contributed by atoms with Crippen molar-refractivity contribution < 1.29 is 22.7 Å². The van der Waals surface area contributed by atoms with Crippen LogP contribution in [0.25, 0.3) is 0 Å². The SMILES string of the molecule is CC(C)(C)OC(=O)c1nc(Cl)ccc1C(F)(F)F. The molecular formula is C11H11ClF3NO2. The molecule has 0 aliphatic rings. The fourth-order valence-corrected chi connectivity index (χ4v) is 1.29. The topological polar surface area (TPSA) is 39.2 Å². The van der Waals surface area contributed by atoms with E-state index >= 15 is 0 Å². The summed E-state index contributed by atoms with van der Waals surface area (Å²) in [6.45, 7) is 4.63. The Labute approximate surface area is 107 Å². The molecule has 0 saturated heterocycles. The number of ether oxygens (including phenoxy) is 1. The number of halogens is 4. The molecule has 0 aliphatic carbocycles. The van der Waals surface area contributed by atoms with Crippen LogP contribution in [0, 0.1) is 0 Å². The molecule has 1 aromatic heterocycles. The number of carbonyl (C=O) groups excluding carboxylic acids is 1. The molecule has 0 unspecified atom stereocenters. The van der Waals surface area contributed by atoms with Gasteiger partial charge in [-0.05, 0) is 32.9 Å². The Kier molecular flexibility index (Phi) is 3.90. The number of pyridine rings is 1. The van der Waals surface area contributed by atoms with E-state index < -0.39 is 29.0 Å². The molecule has 0 aromatic carbocycles. The number of hydrogen-bond donors (Lipinski definition) is 0. The first kappa shape index (κ1) is 14.8. The van der Waals surface area contributed by atoms with Gasteiger partial charge in [-0.15, -0.1) is 0 Å². The zero-order valence-electron chi connectivity index (χ0n) is 9.93. The number of hydrogen-bond acceptors (Lipinski definition) is 3. The van der Waals surface area contributed by atoms with Crippen molar-refractivity contribution in [3.05, 3.63) is 28.5 Å². The largest absolute Gasteiger partial charge is 0.455 e. The summed E-state index contributed by atoms with van der Waals surface area (Å²) in [5, 5.41) is -0.205. The Balaban J connectivity index is 3.22. The van der Waals surface area contributed by atoms with Gasteiger partial charge in [-0.1, -0.05) is 11.6 Å². The van der Waals surface area contributed by atoms with Crippen molar-refractivity contribution in [2.75, 3.05) is 0 Å². The number of aromatic nitrogens is 1. The minimum Gasteiger partial charge on any atom is -0.455 e. The second-order valence-corrected chi connectivity index (χ2v) is 4.92. The highest BCUT2D eigenvalue weighted by Gasteiger charge is 2.37. The lowest BCUT2D eigenvalue weighted by atomic mass is 10.1. The van der Waals surface area contributed by atoms with Crippen LogP contribution in [0.2, 0.25) is 5.15 Å². The standard InChI is InChI=1S/C11H11ClF3NO2/c1-10(2,3)18-9(17)8-6(11(13,14)15)4-5-7(12)16-8/h4-5H,1-3H3. The summed E-state index contributed by atoms with van der Waals surface area (Å²) in [6.07, 6.45) is -4.69. The average molecular weight is 282 g/mol. The molecule has 0 N–H and O–H groups in total. The molecule has 0 amide bonds. The quantitative estimate of drug-likeness (QED) is 0.582. The first-order valence-corrected chi connectivity index (χ1v) is 5.35. The van der Waals surface area contributed by atoms with Gasteiger partial charge in [-0.2, -0.15) is 13.2 Å². The summed E-state index contributed by atoms with van der Waals surface area (Å²) in [4.78, 5) is 15.0. The van der Waals surface area contributed by atoms with E-state index in [1.165, 1.54) is 0 Å². The van der Waals surface area contributed by atoms with Gasteiger partial charge in [-0.3, -0.25) is 0 Å². The first-order valence-electron chi connectivity index (χ1n) is 4.98. The van der Waals surface area contributed by atoms with Gasteiger partial charge in [0, 0.05) is 0 Å². The number of esters is 1. The van der Waals surface area contributed by atoms with E-state index in [-0.39, 0.29) is 5.15 Å². The molecule has 100 valence electrons. The minimum absolute atomic E-state index is 0.205. The monoisotopic (exact) mass is 281 g/mol. The van der Waals surface area contributed by atoms with Gasteiger partial charge in [0.2, 0.25) is 0 Å². The summed E-state index contributed by atoms with van der Waals surface area (Å²) >= 11 is 5.50. The van der Waals surface area contributed by atoms with Crippen LogP contribution in [-0.2, 0) is 10.9 Å². The molecule has 0 fully saturated rings. The van der Waals surface area contributed by atoms with Crippen LogP contribution in [0.3, 0.4) is 0 Å².